The van der Waals surface area contributed by atoms with Gasteiger partial charge in [0.1, 0.15) is 4.88 Å². The van der Waals surface area contributed by atoms with Crippen LogP contribution < -0.4 is 4.74 Å². The molecule has 0 aliphatic rings. The molecule has 1 heterocycles. The Bertz CT molecular complexity index is 573. The molecule has 3 nitrogen and oxygen atoms in total. The van der Waals surface area contributed by atoms with Crippen molar-refractivity contribution in [3.63, 3.8) is 0 Å². The van der Waals surface area contributed by atoms with Gasteiger partial charge in [-0.15, -0.1) is 0 Å². The lowest BCUT2D eigenvalue weighted by molar-refractivity contribution is 0.112. The molecular weight excluding hydrogens is 272 g/mol. The van der Waals surface area contributed by atoms with Crippen molar-refractivity contribution in [1.82, 2.24) is 4.98 Å². The van der Waals surface area contributed by atoms with Crippen LogP contribution in [0.1, 0.15) is 9.67 Å². The summed E-state index contributed by atoms with van der Waals surface area (Å²) in [4.78, 5) is 14.4. The van der Waals surface area contributed by atoms with Crippen molar-refractivity contribution in [3.05, 3.63) is 39.9 Å². The maximum atomic E-state index is 13.3. The van der Waals surface area contributed by atoms with Crippen LogP contribution in [0.5, 0.6) is 10.9 Å². The van der Waals surface area contributed by atoms with Gasteiger partial charge < -0.3 is 4.74 Å². The molecule has 7 heteroatoms. The number of carbonyl (C=O) groups is 1. The normalized spacial score (nSPS) is 10.3. The quantitative estimate of drug-likeness (QED) is 0.802. The second-order valence-electron chi connectivity index (χ2n) is 2.91. The van der Waals surface area contributed by atoms with Crippen molar-refractivity contribution in [2.75, 3.05) is 0 Å². The number of hydrogen-bond donors (Lipinski definition) is 0. The van der Waals surface area contributed by atoms with Crippen molar-refractivity contribution in [2.45, 2.75) is 0 Å². The smallest absolute Gasteiger partial charge is 0.280 e. The highest BCUT2D eigenvalue weighted by Crippen LogP contribution is 2.32. The predicted octanol–water partition coefficient (Wildman–Crippen LogP) is 3.68. The van der Waals surface area contributed by atoms with Crippen LogP contribution in [0.2, 0.25) is 5.15 Å². The number of aromatic nitrogens is 1. The van der Waals surface area contributed by atoms with Crippen molar-refractivity contribution in [3.8, 4) is 10.9 Å². The summed E-state index contributed by atoms with van der Waals surface area (Å²) in [5.74, 6) is -2.46. The molecule has 0 atom stereocenters. The van der Waals surface area contributed by atoms with Crippen LogP contribution in [0.3, 0.4) is 0 Å². The molecule has 0 fully saturated rings. The first-order chi connectivity index (χ1) is 8.11. The number of hydrogen-bond acceptors (Lipinski definition) is 4. The summed E-state index contributed by atoms with van der Waals surface area (Å²) in [7, 11) is 0. The Labute approximate surface area is 104 Å². The van der Waals surface area contributed by atoms with Crippen LogP contribution in [-0.2, 0) is 0 Å². The molecule has 0 saturated heterocycles. The van der Waals surface area contributed by atoms with Crippen LogP contribution in [0.15, 0.2) is 18.2 Å². The third-order valence-electron chi connectivity index (χ3n) is 1.81. The molecule has 2 rings (SSSR count). The lowest BCUT2D eigenvalue weighted by Crippen LogP contribution is -1.90. The van der Waals surface area contributed by atoms with Gasteiger partial charge in [-0.2, -0.15) is 9.37 Å². The fraction of sp³-hybridized carbons (Fsp3) is 0. The van der Waals surface area contributed by atoms with Crippen LogP contribution >= 0.6 is 22.9 Å². The first-order valence-corrected chi connectivity index (χ1v) is 5.54. The van der Waals surface area contributed by atoms with Crippen molar-refractivity contribution in [1.29, 1.82) is 0 Å². The topological polar surface area (TPSA) is 39.2 Å². The van der Waals surface area contributed by atoms with E-state index in [1.54, 1.807) is 0 Å². The van der Waals surface area contributed by atoms with E-state index in [9.17, 15) is 13.6 Å². The highest BCUT2D eigenvalue weighted by molar-refractivity contribution is 7.15. The SMILES string of the molecule is O=Cc1sc(Oc2cccc(F)c2F)nc1Cl. The van der Waals surface area contributed by atoms with Crippen LogP contribution in [0.4, 0.5) is 8.78 Å². The standard InChI is InChI=1S/C10H4ClF2NO2S/c11-9-7(4-15)17-10(14-9)16-6-3-1-2-5(12)8(6)13/h1-4H. The molecule has 0 bridgehead atoms. The van der Waals surface area contributed by atoms with Crippen molar-refractivity contribution >= 4 is 29.2 Å². The number of aldehydes is 1. The molecule has 17 heavy (non-hydrogen) atoms. The summed E-state index contributed by atoms with van der Waals surface area (Å²) in [6, 6.07) is 3.51. The van der Waals surface area contributed by atoms with Gasteiger partial charge in [0.05, 0.1) is 0 Å². The maximum absolute atomic E-state index is 13.3. The van der Waals surface area contributed by atoms with Gasteiger partial charge in [-0.1, -0.05) is 29.0 Å². The third kappa shape index (κ3) is 2.42. The Morgan fingerprint density at radius 1 is 1.41 bits per heavy atom. The second kappa shape index (κ2) is 4.77. The summed E-state index contributed by atoms with van der Waals surface area (Å²) < 4.78 is 31.1. The Kier molecular flexibility index (Phi) is 3.35. The summed E-state index contributed by atoms with van der Waals surface area (Å²) >= 11 is 6.45. The first kappa shape index (κ1) is 11.9. The minimum Gasteiger partial charge on any atom is -0.428 e. The summed E-state index contributed by atoms with van der Waals surface area (Å²) in [5, 5.41) is -0.0570. The zero-order valence-corrected chi connectivity index (χ0v) is 9.69. The molecule has 1 aromatic heterocycles. The molecule has 0 amide bonds. The van der Waals surface area contributed by atoms with Crippen molar-refractivity contribution in [2.24, 2.45) is 0 Å². The monoisotopic (exact) mass is 275 g/mol. The fourth-order valence-corrected chi connectivity index (χ4v) is 1.99. The zero-order valence-electron chi connectivity index (χ0n) is 8.12. The summed E-state index contributed by atoms with van der Waals surface area (Å²) in [6.07, 6.45) is 0.509. The number of rotatable bonds is 3. The van der Waals surface area contributed by atoms with Gasteiger partial charge in [0.25, 0.3) is 5.19 Å². The zero-order chi connectivity index (χ0) is 12.4. The average Bonchev–Trinajstić information content (AvgIpc) is 2.65. The van der Waals surface area contributed by atoms with E-state index in [2.05, 4.69) is 4.98 Å². The molecule has 0 unspecified atom stereocenters. The average molecular weight is 276 g/mol. The molecule has 0 aliphatic carbocycles. The maximum Gasteiger partial charge on any atom is 0.280 e. The van der Waals surface area contributed by atoms with Crippen LogP contribution in [0, 0.1) is 11.6 Å². The minimum atomic E-state index is -1.12. The van der Waals surface area contributed by atoms with Crippen LogP contribution in [0.25, 0.3) is 0 Å². The van der Waals surface area contributed by atoms with Gasteiger partial charge in [0.2, 0.25) is 5.82 Å². The van der Waals surface area contributed by atoms with E-state index in [4.69, 9.17) is 16.3 Å². The lowest BCUT2D eigenvalue weighted by atomic mass is 10.3. The van der Waals surface area contributed by atoms with E-state index >= 15 is 0 Å². The minimum absolute atomic E-state index is 0.0263. The highest BCUT2D eigenvalue weighted by Gasteiger charge is 2.14. The van der Waals surface area contributed by atoms with E-state index < -0.39 is 11.6 Å². The van der Waals surface area contributed by atoms with E-state index in [0.29, 0.717) is 6.29 Å². The number of nitrogens with zero attached hydrogens (tertiary/aromatic N) is 1. The Balaban J connectivity index is 2.31. The van der Waals surface area contributed by atoms with Gasteiger partial charge in [-0.05, 0) is 12.1 Å². The van der Waals surface area contributed by atoms with Gasteiger partial charge in [0.15, 0.2) is 23.0 Å². The highest BCUT2D eigenvalue weighted by atomic mass is 35.5. The molecule has 0 spiro atoms. The second-order valence-corrected chi connectivity index (χ2v) is 4.26. The Morgan fingerprint density at radius 2 is 2.18 bits per heavy atom. The van der Waals surface area contributed by atoms with Gasteiger partial charge in [0, 0.05) is 0 Å². The number of thiazole rings is 1. The Hall–Kier alpha value is -1.53. The number of carbonyl (C=O) groups excluding carboxylic acids is 1. The molecule has 0 saturated carbocycles. The van der Waals surface area contributed by atoms with E-state index in [1.165, 1.54) is 12.1 Å². The number of halogens is 3. The van der Waals surface area contributed by atoms with Crippen molar-refractivity contribution < 1.29 is 18.3 Å². The number of ether oxygens (including phenoxy) is 1. The summed E-state index contributed by atoms with van der Waals surface area (Å²) in [5.41, 5.74) is 0. The van der Waals surface area contributed by atoms with Gasteiger partial charge in [-0.3, -0.25) is 4.79 Å². The lowest BCUT2D eigenvalue weighted by Gasteiger charge is -2.02. The predicted molar refractivity (Wildman–Crippen MR) is 58.9 cm³/mol. The summed E-state index contributed by atoms with van der Waals surface area (Å²) in [6.45, 7) is 0. The molecule has 88 valence electrons. The first-order valence-electron chi connectivity index (χ1n) is 4.35. The molecule has 0 aliphatic heterocycles. The van der Waals surface area contributed by atoms with Gasteiger partial charge in [-0.25, -0.2) is 4.39 Å². The molecular formula is C10H4ClF2NO2S. The van der Waals surface area contributed by atoms with Crippen LogP contribution in [-0.4, -0.2) is 11.3 Å². The van der Waals surface area contributed by atoms with Gasteiger partial charge >= 0.3 is 0 Å². The van der Waals surface area contributed by atoms with E-state index in [0.717, 1.165) is 17.4 Å². The largest absolute Gasteiger partial charge is 0.428 e. The third-order valence-corrected chi connectivity index (χ3v) is 3.07. The van der Waals surface area contributed by atoms with E-state index in [-0.39, 0.29) is 21.0 Å². The van der Waals surface area contributed by atoms with E-state index in [1.807, 2.05) is 0 Å². The Morgan fingerprint density at radius 3 is 2.82 bits per heavy atom. The molecule has 2 aromatic rings. The molecule has 0 N–H and O–H groups in total. The fourth-order valence-electron chi connectivity index (χ4n) is 1.07. The molecule has 0 radical (unpaired) electrons. The number of benzene rings is 1. The molecule has 1 aromatic carbocycles.